The topological polar surface area (TPSA) is 106 Å². The smallest absolute Gasteiger partial charge is 0.264 e. The Hall–Kier alpha value is -3.33. The molecular weight excluding hydrogens is 368 g/mol. The molecule has 27 heavy (non-hydrogen) atoms. The van der Waals surface area contributed by atoms with Crippen LogP contribution in [-0.2, 0) is 10.0 Å². The number of hydrogen-bond acceptors (Lipinski definition) is 6. The summed E-state index contributed by atoms with van der Waals surface area (Å²) in [6.07, 6.45) is 2.73. The predicted molar refractivity (Wildman–Crippen MR) is 101 cm³/mol. The molecule has 0 saturated heterocycles. The van der Waals surface area contributed by atoms with E-state index in [4.69, 9.17) is 4.74 Å². The van der Waals surface area contributed by atoms with Crippen LogP contribution in [0.2, 0.25) is 0 Å². The number of pyridine rings is 1. The molecule has 0 atom stereocenters. The molecule has 0 radical (unpaired) electrons. The van der Waals surface area contributed by atoms with Gasteiger partial charge in [0.05, 0.1) is 29.1 Å². The molecule has 3 heterocycles. The van der Waals surface area contributed by atoms with Crippen molar-refractivity contribution in [2.75, 3.05) is 11.8 Å². The summed E-state index contributed by atoms with van der Waals surface area (Å²) in [6.45, 7) is 1.87. The van der Waals surface area contributed by atoms with E-state index in [1.54, 1.807) is 24.3 Å². The first-order chi connectivity index (χ1) is 12.9. The molecule has 4 rings (SSSR count). The fourth-order valence-electron chi connectivity index (χ4n) is 2.87. The maximum Gasteiger partial charge on any atom is 0.264 e. The third-order valence-electron chi connectivity index (χ3n) is 4.22. The molecule has 2 N–H and O–H groups in total. The van der Waals surface area contributed by atoms with Crippen molar-refractivity contribution < 1.29 is 18.3 Å². The number of hydrogen-bond donors (Lipinski definition) is 2. The van der Waals surface area contributed by atoms with Crippen molar-refractivity contribution in [3.8, 4) is 11.5 Å². The van der Waals surface area contributed by atoms with E-state index in [9.17, 15) is 13.5 Å². The zero-order valence-electron chi connectivity index (χ0n) is 14.5. The second-order valence-electron chi connectivity index (χ2n) is 6.00. The monoisotopic (exact) mass is 384 g/mol. The van der Waals surface area contributed by atoms with Gasteiger partial charge in [0, 0.05) is 6.20 Å². The van der Waals surface area contributed by atoms with Crippen molar-refractivity contribution in [2.24, 2.45) is 0 Å². The van der Waals surface area contributed by atoms with Gasteiger partial charge in [0.2, 0.25) is 5.95 Å². The van der Waals surface area contributed by atoms with Crippen molar-refractivity contribution in [3.05, 3.63) is 54.4 Å². The van der Waals surface area contributed by atoms with E-state index < -0.39 is 10.0 Å². The lowest BCUT2D eigenvalue weighted by atomic mass is 10.2. The second kappa shape index (κ2) is 6.13. The van der Waals surface area contributed by atoms with Gasteiger partial charge in [-0.1, -0.05) is 17.7 Å². The van der Waals surface area contributed by atoms with Crippen LogP contribution >= 0.6 is 0 Å². The van der Waals surface area contributed by atoms with Crippen LogP contribution in [-0.4, -0.2) is 35.0 Å². The zero-order valence-corrected chi connectivity index (χ0v) is 15.4. The summed E-state index contributed by atoms with van der Waals surface area (Å²) < 4.78 is 34.7. The molecule has 3 aromatic heterocycles. The third-order valence-corrected chi connectivity index (χ3v) is 5.57. The molecule has 0 spiro atoms. The van der Waals surface area contributed by atoms with Crippen LogP contribution in [0.25, 0.3) is 16.6 Å². The zero-order chi connectivity index (χ0) is 19.2. The van der Waals surface area contributed by atoms with Crippen LogP contribution in [0.15, 0.2) is 53.7 Å². The van der Waals surface area contributed by atoms with Crippen LogP contribution in [0.1, 0.15) is 5.56 Å². The maximum absolute atomic E-state index is 12.8. The van der Waals surface area contributed by atoms with Crippen LogP contribution < -0.4 is 9.46 Å². The number of anilines is 1. The van der Waals surface area contributed by atoms with Gasteiger partial charge in [-0.05, 0) is 31.2 Å². The Morgan fingerprint density at radius 2 is 1.89 bits per heavy atom. The highest BCUT2D eigenvalue weighted by Crippen LogP contribution is 2.33. The molecule has 0 aliphatic heterocycles. The number of aromatic hydroxyl groups is 1. The van der Waals surface area contributed by atoms with E-state index in [-0.39, 0.29) is 16.6 Å². The number of ether oxygens (including phenoxy) is 1. The molecule has 0 saturated carbocycles. The standard InChI is InChI=1S/C18H16N4O4S/c1-11-3-5-12(6-4-11)27(24,25)21-18-20-10-15(23)14-9-13-16(26-2)7-8-19-17(13)22(14)18/h3-10,23H,1-2H3,(H,20,21). The Labute approximate surface area is 155 Å². The highest BCUT2D eigenvalue weighted by atomic mass is 32.2. The predicted octanol–water partition coefficient (Wildman–Crippen LogP) is 2.71. The molecule has 0 aliphatic rings. The Morgan fingerprint density at radius 3 is 2.59 bits per heavy atom. The first-order valence-corrected chi connectivity index (χ1v) is 9.50. The van der Waals surface area contributed by atoms with E-state index >= 15 is 0 Å². The maximum atomic E-state index is 12.8. The van der Waals surface area contributed by atoms with Crippen molar-refractivity contribution >= 4 is 32.5 Å². The van der Waals surface area contributed by atoms with Crippen molar-refractivity contribution in [3.63, 3.8) is 0 Å². The fraction of sp³-hybridized carbons (Fsp3) is 0.111. The number of nitrogens with zero attached hydrogens (tertiary/aromatic N) is 3. The summed E-state index contributed by atoms with van der Waals surface area (Å²) in [5.74, 6) is 0.461. The molecule has 0 bridgehead atoms. The Balaban J connectivity index is 1.92. The van der Waals surface area contributed by atoms with Gasteiger partial charge in [0.1, 0.15) is 5.75 Å². The summed E-state index contributed by atoms with van der Waals surface area (Å²) in [4.78, 5) is 8.45. The van der Waals surface area contributed by atoms with E-state index in [0.717, 1.165) is 5.56 Å². The van der Waals surface area contributed by atoms with E-state index in [1.807, 2.05) is 6.92 Å². The number of sulfonamides is 1. The van der Waals surface area contributed by atoms with Gasteiger partial charge in [-0.3, -0.25) is 4.40 Å². The third kappa shape index (κ3) is 2.81. The molecule has 1 aromatic carbocycles. The van der Waals surface area contributed by atoms with E-state index in [0.29, 0.717) is 22.3 Å². The highest BCUT2D eigenvalue weighted by molar-refractivity contribution is 7.92. The van der Waals surface area contributed by atoms with Gasteiger partial charge in [-0.15, -0.1) is 0 Å². The van der Waals surface area contributed by atoms with Crippen molar-refractivity contribution in [1.29, 1.82) is 0 Å². The van der Waals surface area contributed by atoms with Crippen LogP contribution in [0, 0.1) is 6.92 Å². The molecule has 0 fully saturated rings. The quantitative estimate of drug-likeness (QED) is 0.560. The molecule has 8 nitrogen and oxygen atoms in total. The number of aryl methyl sites for hydroxylation is 1. The molecular formula is C18H16N4O4S. The van der Waals surface area contributed by atoms with Crippen LogP contribution in [0.3, 0.4) is 0 Å². The highest BCUT2D eigenvalue weighted by Gasteiger charge is 2.20. The minimum atomic E-state index is -3.87. The summed E-state index contributed by atoms with van der Waals surface area (Å²) in [7, 11) is -2.35. The molecule has 138 valence electrons. The number of aromatic nitrogens is 3. The molecule has 0 amide bonds. The second-order valence-corrected chi connectivity index (χ2v) is 7.68. The average molecular weight is 384 g/mol. The summed E-state index contributed by atoms with van der Waals surface area (Å²) >= 11 is 0. The van der Waals surface area contributed by atoms with Gasteiger partial charge >= 0.3 is 0 Å². The first kappa shape index (κ1) is 17.1. The van der Waals surface area contributed by atoms with Gasteiger partial charge in [-0.2, -0.15) is 0 Å². The van der Waals surface area contributed by atoms with Gasteiger partial charge in [0.25, 0.3) is 10.0 Å². The van der Waals surface area contributed by atoms with Gasteiger partial charge in [0.15, 0.2) is 11.4 Å². The van der Waals surface area contributed by atoms with Gasteiger partial charge < -0.3 is 9.84 Å². The normalized spacial score (nSPS) is 11.8. The van der Waals surface area contributed by atoms with E-state index in [2.05, 4.69) is 14.7 Å². The SMILES string of the molecule is COc1ccnc2c1cc1c(O)cnc(NS(=O)(=O)c3ccc(C)cc3)n12. The lowest BCUT2D eigenvalue weighted by molar-refractivity contribution is 0.419. The molecule has 0 unspecified atom stereocenters. The number of methoxy groups -OCH3 is 1. The summed E-state index contributed by atoms with van der Waals surface area (Å²) in [5.41, 5.74) is 1.72. The lowest BCUT2D eigenvalue weighted by Crippen LogP contribution is -2.16. The Kier molecular flexibility index (Phi) is 3.88. The largest absolute Gasteiger partial charge is 0.504 e. The number of nitrogens with one attached hydrogen (secondary N) is 1. The lowest BCUT2D eigenvalue weighted by Gasteiger charge is -2.11. The van der Waals surface area contributed by atoms with Crippen molar-refractivity contribution in [1.82, 2.24) is 14.4 Å². The Morgan fingerprint density at radius 1 is 1.15 bits per heavy atom. The fourth-order valence-corrected chi connectivity index (χ4v) is 3.87. The van der Waals surface area contributed by atoms with Crippen molar-refractivity contribution in [2.45, 2.75) is 11.8 Å². The number of rotatable bonds is 4. The summed E-state index contributed by atoms with van der Waals surface area (Å²) in [6, 6.07) is 9.82. The van der Waals surface area contributed by atoms with Crippen LogP contribution in [0.5, 0.6) is 11.5 Å². The van der Waals surface area contributed by atoms with Crippen LogP contribution in [0.4, 0.5) is 5.95 Å². The number of fused-ring (bicyclic) bond motifs is 3. The average Bonchev–Trinajstić information content (AvgIpc) is 3.05. The van der Waals surface area contributed by atoms with Gasteiger partial charge in [-0.25, -0.2) is 23.1 Å². The molecule has 4 aromatic rings. The number of benzene rings is 1. The molecule has 9 heteroatoms. The first-order valence-electron chi connectivity index (χ1n) is 8.02. The minimum absolute atomic E-state index is 0.0131. The Bertz CT molecular complexity index is 1260. The summed E-state index contributed by atoms with van der Waals surface area (Å²) in [5, 5.41) is 10.8. The minimum Gasteiger partial charge on any atom is -0.504 e. The molecule has 0 aliphatic carbocycles. The van der Waals surface area contributed by atoms with E-state index in [1.165, 1.54) is 36.0 Å².